The molecule has 0 radical (unpaired) electrons. The van der Waals surface area contributed by atoms with Crippen molar-refractivity contribution in [3.05, 3.63) is 34.7 Å². The van der Waals surface area contributed by atoms with Gasteiger partial charge < -0.3 is 12.4 Å². The fourth-order valence-corrected chi connectivity index (χ4v) is 5.55. The van der Waals surface area contributed by atoms with E-state index in [9.17, 15) is 13.2 Å². The van der Waals surface area contributed by atoms with Crippen molar-refractivity contribution in [2.45, 2.75) is 56.9 Å². The molecule has 122 valence electrons. The van der Waals surface area contributed by atoms with Gasteiger partial charge in [0.2, 0.25) is 0 Å². The van der Waals surface area contributed by atoms with Crippen LogP contribution in [-0.2, 0) is 5.51 Å². The lowest BCUT2D eigenvalue weighted by molar-refractivity contribution is -0.0868. The molecule has 5 heteroatoms. The van der Waals surface area contributed by atoms with Gasteiger partial charge in [-0.3, -0.25) is 0 Å². The van der Waals surface area contributed by atoms with E-state index >= 15 is 0 Å². The molecule has 2 aromatic rings. The molecule has 1 aliphatic rings. The minimum Gasteiger partial charge on any atom is -1.00 e. The van der Waals surface area contributed by atoms with Crippen LogP contribution in [0.1, 0.15) is 54.9 Å². The molecule has 0 spiro atoms. The minimum absolute atomic E-state index is 0. The van der Waals surface area contributed by atoms with Crippen LogP contribution in [0.15, 0.2) is 24.3 Å². The van der Waals surface area contributed by atoms with Crippen LogP contribution in [-0.4, -0.2) is 0 Å². The first kappa shape index (κ1) is 17.6. The van der Waals surface area contributed by atoms with Gasteiger partial charge in [-0.1, -0.05) is 37.3 Å². The van der Waals surface area contributed by atoms with Gasteiger partial charge in [0, 0.05) is 17.4 Å². The van der Waals surface area contributed by atoms with E-state index in [0.717, 1.165) is 49.5 Å². The van der Waals surface area contributed by atoms with E-state index in [1.807, 2.05) is 19.1 Å². The molecule has 1 saturated carbocycles. The molecule has 0 bridgehead atoms. The van der Waals surface area contributed by atoms with Crippen molar-refractivity contribution in [1.82, 2.24) is 0 Å². The van der Waals surface area contributed by atoms with Gasteiger partial charge in [0.15, 0.2) is 9.58 Å². The Bertz CT molecular complexity index is 637. The highest BCUT2D eigenvalue weighted by molar-refractivity contribution is 7.38. The summed E-state index contributed by atoms with van der Waals surface area (Å²) in [6, 6.07) is 7.22. The van der Waals surface area contributed by atoms with Crippen molar-refractivity contribution in [2.75, 3.05) is 0 Å². The first-order valence-corrected chi connectivity index (χ1v) is 8.82. The third-order valence-electron chi connectivity index (χ3n) is 4.41. The zero-order valence-corrected chi connectivity index (χ0v) is 14.1. The SMILES string of the molecule is Cc1ccc2c(c1)cc(C1CCCCCC1)[s+]2C(F)(F)F.[Cl-]. The Morgan fingerprint density at radius 3 is 2.23 bits per heavy atom. The third-order valence-corrected chi connectivity index (χ3v) is 6.60. The van der Waals surface area contributed by atoms with Crippen LogP contribution >= 0.6 is 10.5 Å². The van der Waals surface area contributed by atoms with Crippen LogP contribution in [0.4, 0.5) is 13.2 Å². The maximum Gasteiger partial charge on any atom is 0.600 e. The summed E-state index contributed by atoms with van der Waals surface area (Å²) in [5.41, 5.74) is -3.13. The summed E-state index contributed by atoms with van der Waals surface area (Å²) in [6.45, 7) is 1.93. The lowest BCUT2D eigenvalue weighted by Gasteiger charge is -2.10. The Balaban J connectivity index is 0.00000176. The smallest absolute Gasteiger partial charge is 0.600 e. The fraction of sp³-hybridized carbons (Fsp3) is 0.529. The molecule has 22 heavy (non-hydrogen) atoms. The van der Waals surface area contributed by atoms with Crippen molar-refractivity contribution >= 4 is 20.6 Å². The van der Waals surface area contributed by atoms with Gasteiger partial charge in [-0.05, 0) is 31.9 Å². The average molecular weight is 349 g/mol. The van der Waals surface area contributed by atoms with Gasteiger partial charge in [-0.25, -0.2) is 0 Å². The van der Waals surface area contributed by atoms with E-state index in [4.69, 9.17) is 0 Å². The third kappa shape index (κ3) is 3.43. The van der Waals surface area contributed by atoms with Crippen LogP contribution < -0.4 is 12.4 Å². The topological polar surface area (TPSA) is 0 Å². The van der Waals surface area contributed by atoms with E-state index in [2.05, 4.69) is 0 Å². The number of benzene rings is 1. The molecule has 1 unspecified atom stereocenters. The maximum atomic E-state index is 13.6. The van der Waals surface area contributed by atoms with E-state index in [1.54, 1.807) is 12.1 Å². The minimum atomic E-state index is -4.15. The predicted octanol–water partition coefficient (Wildman–Crippen LogP) is 3.82. The number of aryl methyl sites for hydroxylation is 1. The predicted molar refractivity (Wildman–Crippen MR) is 82.9 cm³/mol. The van der Waals surface area contributed by atoms with Crippen LogP contribution in [0.2, 0.25) is 0 Å². The fourth-order valence-electron chi connectivity index (χ4n) is 3.41. The van der Waals surface area contributed by atoms with Crippen molar-refractivity contribution in [1.29, 1.82) is 0 Å². The summed E-state index contributed by atoms with van der Waals surface area (Å²) in [7, 11) is -1.71. The van der Waals surface area contributed by atoms with E-state index in [-0.39, 0.29) is 18.3 Å². The summed E-state index contributed by atoms with van der Waals surface area (Å²) in [5, 5.41) is 0.787. The summed E-state index contributed by atoms with van der Waals surface area (Å²) in [6.07, 6.45) is 6.28. The second-order valence-electron chi connectivity index (χ2n) is 6.03. The average Bonchev–Trinajstić information content (AvgIpc) is 2.59. The molecule has 1 atom stereocenters. The number of alkyl halides is 3. The number of hydrogen-bond donors (Lipinski definition) is 0. The molecule has 0 nitrogen and oxygen atoms in total. The first-order chi connectivity index (χ1) is 9.97. The standard InChI is InChI=1S/C17H20F3S.ClH/c1-12-8-9-15-14(10-12)11-16(21(15)17(18,19)20)13-6-4-2-3-5-7-13;/h8-11,13H,2-7H2,1H3;1H/q+1;/p-1. The monoisotopic (exact) mass is 348 g/mol. The summed E-state index contributed by atoms with van der Waals surface area (Å²) >= 11 is 0. The molecular weight excluding hydrogens is 329 g/mol. The van der Waals surface area contributed by atoms with Crippen molar-refractivity contribution in [2.24, 2.45) is 0 Å². The molecule has 1 aliphatic carbocycles. The summed E-state index contributed by atoms with van der Waals surface area (Å²) in [4.78, 5) is 0.644. The van der Waals surface area contributed by atoms with Gasteiger partial charge in [0.25, 0.3) is 0 Å². The Morgan fingerprint density at radius 2 is 1.64 bits per heavy atom. The van der Waals surface area contributed by atoms with Gasteiger partial charge in [-0.15, -0.1) is 13.2 Å². The summed E-state index contributed by atoms with van der Waals surface area (Å²) < 4.78 is 41.3. The molecule has 0 saturated heterocycles. The number of hydrogen-bond acceptors (Lipinski definition) is 0. The molecule has 3 rings (SSSR count). The zero-order valence-electron chi connectivity index (χ0n) is 12.5. The molecule has 1 aromatic heterocycles. The van der Waals surface area contributed by atoms with Crippen LogP contribution in [0.3, 0.4) is 0 Å². The van der Waals surface area contributed by atoms with Crippen molar-refractivity contribution in [3.63, 3.8) is 0 Å². The van der Waals surface area contributed by atoms with Crippen LogP contribution in [0.5, 0.6) is 0 Å². The highest BCUT2D eigenvalue weighted by Gasteiger charge is 2.49. The molecule has 1 heterocycles. The van der Waals surface area contributed by atoms with Crippen LogP contribution in [0.25, 0.3) is 10.1 Å². The van der Waals surface area contributed by atoms with Gasteiger partial charge in [0.1, 0.15) is 0 Å². The van der Waals surface area contributed by atoms with E-state index in [1.165, 1.54) is 0 Å². The second-order valence-corrected chi connectivity index (χ2v) is 8.01. The van der Waals surface area contributed by atoms with Crippen molar-refractivity contribution in [3.8, 4) is 0 Å². The molecular formula is C17H20ClF3S. The lowest BCUT2D eigenvalue weighted by atomic mass is 9.98. The largest absolute Gasteiger partial charge is 1.00 e. The van der Waals surface area contributed by atoms with Crippen molar-refractivity contribution < 1.29 is 25.6 Å². The molecule has 1 aromatic carbocycles. The quantitative estimate of drug-likeness (QED) is 0.543. The second kappa shape index (κ2) is 6.79. The number of halogens is 4. The highest BCUT2D eigenvalue weighted by atomic mass is 35.5. The molecule has 1 fully saturated rings. The van der Waals surface area contributed by atoms with Gasteiger partial charge in [0.05, 0.1) is 10.5 Å². The number of rotatable bonds is 1. The molecule has 0 aliphatic heterocycles. The Kier molecular flexibility index (Phi) is 5.44. The molecule has 0 amide bonds. The Morgan fingerprint density at radius 1 is 1.00 bits per heavy atom. The number of fused-ring (bicyclic) bond motifs is 1. The molecule has 0 N–H and O–H groups in total. The first-order valence-electron chi connectivity index (χ1n) is 7.60. The maximum absolute atomic E-state index is 13.6. The summed E-state index contributed by atoms with van der Waals surface area (Å²) in [5.74, 6) is 0.116. The van der Waals surface area contributed by atoms with Gasteiger partial charge in [-0.2, -0.15) is 0 Å². The van der Waals surface area contributed by atoms with Gasteiger partial charge >= 0.3 is 5.51 Å². The van der Waals surface area contributed by atoms with E-state index in [0.29, 0.717) is 9.58 Å². The van der Waals surface area contributed by atoms with Crippen LogP contribution in [0, 0.1) is 6.92 Å². The Hall–Kier alpha value is -0.740. The normalized spacial score (nSPS) is 18.1. The zero-order chi connectivity index (χ0) is 15.0. The number of thiophene rings is 1. The highest BCUT2D eigenvalue weighted by Crippen LogP contribution is 2.54. The Labute approximate surface area is 138 Å². The van der Waals surface area contributed by atoms with E-state index < -0.39 is 16.0 Å². The lowest BCUT2D eigenvalue weighted by Crippen LogP contribution is -3.00.